The molecular formula is C20H17BrFN3O2. The van der Waals surface area contributed by atoms with Crippen molar-refractivity contribution in [3.63, 3.8) is 0 Å². The van der Waals surface area contributed by atoms with Crippen LogP contribution in [0.5, 0.6) is 0 Å². The average molecular weight is 430 g/mol. The molecule has 3 rings (SSSR count). The summed E-state index contributed by atoms with van der Waals surface area (Å²) in [6.45, 7) is 1.69. The summed E-state index contributed by atoms with van der Waals surface area (Å²) in [7, 11) is 0. The first-order valence-electron chi connectivity index (χ1n) is 8.38. The largest absolute Gasteiger partial charge is 0.325 e. The molecule has 0 fully saturated rings. The molecule has 3 aromatic rings. The second-order valence-electron chi connectivity index (χ2n) is 5.91. The number of aryl methyl sites for hydroxylation is 1. The topological polar surface area (TPSA) is 64.0 Å². The smallest absolute Gasteiger partial charge is 0.254 e. The van der Waals surface area contributed by atoms with Gasteiger partial charge in [0.1, 0.15) is 18.2 Å². The van der Waals surface area contributed by atoms with E-state index in [1.54, 1.807) is 24.3 Å². The zero-order valence-electron chi connectivity index (χ0n) is 14.6. The number of anilines is 1. The maximum absolute atomic E-state index is 13.3. The minimum absolute atomic E-state index is 0.196. The first-order valence-corrected chi connectivity index (χ1v) is 9.17. The number of carbonyl (C=O) groups is 1. The van der Waals surface area contributed by atoms with Crippen LogP contribution >= 0.6 is 15.9 Å². The van der Waals surface area contributed by atoms with Gasteiger partial charge in [0.05, 0.1) is 0 Å². The Morgan fingerprint density at radius 2 is 1.81 bits per heavy atom. The van der Waals surface area contributed by atoms with Gasteiger partial charge in [0.2, 0.25) is 5.91 Å². The Kier molecular flexibility index (Phi) is 5.81. The lowest BCUT2D eigenvalue weighted by Crippen LogP contribution is -2.30. The first kappa shape index (κ1) is 19.0. The maximum Gasteiger partial charge on any atom is 0.254 e. The Morgan fingerprint density at radius 3 is 2.44 bits per heavy atom. The Hall–Kier alpha value is -2.80. The summed E-state index contributed by atoms with van der Waals surface area (Å²) in [6, 6.07) is 14.2. The van der Waals surface area contributed by atoms with Crippen LogP contribution in [0.4, 0.5) is 10.1 Å². The number of hydrogen-bond donors (Lipinski definition) is 1. The van der Waals surface area contributed by atoms with Gasteiger partial charge in [-0.25, -0.2) is 9.37 Å². The van der Waals surface area contributed by atoms with Crippen LogP contribution in [0.2, 0.25) is 0 Å². The molecule has 1 aromatic heterocycles. The van der Waals surface area contributed by atoms with Gasteiger partial charge in [-0.1, -0.05) is 22.9 Å². The molecule has 138 valence electrons. The lowest BCUT2D eigenvalue weighted by molar-refractivity contribution is -0.116. The van der Waals surface area contributed by atoms with Crippen LogP contribution in [0.1, 0.15) is 12.6 Å². The third kappa shape index (κ3) is 4.68. The SMILES string of the molecule is CCc1cc(=O)n(CC(=O)Nc2ccc(Br)cc2)c(-c2ccc(F)cc2)n1. The fraction of sp³-hybridized carbons (Fsp3) is 0.150. The van der Waals surface area contributed by atoms with Gasteiger partial charge in [-0.2, -0.15) is 0 Å². The van der Waals surface area contributed by atoms with Crippen LogP contribution in [-0.4, -0.2) is 15.5 Å². The molecular weight excluding hydrogens is 413 g/mol. The van der Waals surface area contributed by atoms with Crippen molar-refractivity contribution in [1.29, 1.82) is 0 Å². The number of aromatic nitrogens is 2. The fourth-order valence-corrected chi connectivity index (χ4v) is 2.85. The van der Waals surface area contributed by atoms with Crippen LogP contribution in [0.15, 0.2) is 63.9 Å². The number of hydrogen-bond acceptors (Lipinski definition) is 3. The molecule has 0 aliphatic heterocycles. The summed E-state index contributed by atoms with van der Waals surface area (Å²) < 4.78 is 15.4. The molecule has 0 aliphatic carbocycles. The van der Waals surface area contributed by atoms with Gasteiger partial charge in [-0.3, -0.25) is 14.2 Å². The highest BCUT2D eigenvalue weighted by molar-refractivity contribution is 9.10. The summed E-state index contributed by atoms with van der Waals surface area (Å²) in [5.74, 6) is -0.397. The molecule has 0 aliphatic rings. The lowest BCUT2D eigenvalue weighted by atomic mass is 10.2. The molecule has 0 atom stereocenters. The predicted molar refractivity (Wildman–Crippen MR) is 106 cm³/mol. The molecule has 0 saturated carbocycles. The van der Waals surface area contributed by atoms with Crippen LogP contribution in [0.3, 0.4) is 0 Å². The van der Waals surface area contributed by atoms with Crippen molar-refractivity contribution >= 4 is 27.5 Å². The number of nitrogens with one attached hydrogen (secondary N) is 1. The molecule has 5 nitrogen and oxygen atoms in total. The fourth-order valence-electron chi connectivity index (χ4n) is 2.58. The van der Waals surface area contributed by atoms with Crippen molar-refractivity contribution in [2.75, 3.05) is 5.32 Å². The minimum Gasteiger partial charge on any atom is -0.325 e. The number of carbonyl (C=O) groups excluding carboxylic acids is 1. The predicted octanol–water partition coefficient (Wildman–Crippen LogP) is 4.01. The number of nitrogens with zero attached hydrogens (tertiary/aromatic N) is 2. The Labute approximate surface area is 164 Å². The van der Waals surface area contributed by atoms with Gasteiger partial charge in [-0.15, -0.1) is 0 Å². The third-order valence-corrected chi connectivity index (χ3v) is 4.48. The molecule has 1 N–H and O–H groups in total. The molecule has 0 radical (unpaired) electrons. The highest BCUT2D eigenvalue weighted by Gasteiger charge is 2.14. The third-order valence-electron chi connectivity index (χ3n) is 3.96. The Balaban J connectivity index is 1.93. The molecule has 0 unspecified atom stereocenters. The van der Waals surface area contributed by atoms with E-state index in [-0.39, 0.29) is 23.8 Å². The summed E-state index contributed by atoms with van der Waals surface area (Å²) >= 11 is 3.34. The van der Waals surface area contributed by atoms with Crippen LogP contribution in [-0.2, 0) is 17.8 Å². The van der Waals surface area contributed by atoms with E-state index >= 15 is 0 Å². The zero-order chi connectivity index (χ0) is 19.4. The molecule has 1 amide bonds. The van der Waals surface area contributed by atoms with Crippen LogP contribution < -0.4 is 10.9 Å². The Morgan fingerprint density at radius 1 is 1.15 bits per heavy atom. The minimum atomic E-state index is -0.382. The average Bonchev–Trinajstić information content (AvgIpc) is 2.66. The summed E-state index contributed by atoms with van der Waals surface area (Å²) in [4.78, 5) is 29.5. The van der Waals surface area contributed by atoms with Crippen molar-refractivity contribution in [3.8, 4) is 11.4 Å². The van der Waals surface area contributed by atoms with E-state index in [0.29, 0.717) is 29.2 Å². The summed E-state index contributed by atoms with van der Waals surface area (Å²) in [5, 5.41) is 2.75. The van der Waals surface area contributed by atoms with E-state index in [9.17, 15) is 14.0 Å². The van der Waals surface area contributed by atoms with E-state index < -0.39 is 0 Å². The normalized spacial score (nSPS) is 10.6. The first-order chi connectivity index (χ1) is 13.0. The van der Waals surface area contributed by atoms with Crippen molar-refractivity contribution in [1.82, 2.24) is 9.55 Å². The van der Waals surface area contributed by atoms with Gasteiger partial charge in [0.15, 0.2) is 0 Å². The van der Waals surface area contributed by atoms with Gasteiger partial charge >= 0.3 is 0 Å². The van der Waals surface area contributed by atoms with Crippen molar-refractivity contribution in [2.24, 2.45) is 0 Å². The zero-order valence-corrected chi connectivity index (χ0v) is 16.2. The second-order valence-corrected chi connectivity index (χ2v) is 6.83. The molecule has 7 heteroatoms. The van der Waals surface area contributed by atoms with Gasteiger partial charge in [0, 0.05) is 27.5 Å². The van der Waals surface area contributed by atoms with Crippen molar-refractivity contribution in [2.45, 2.75) is 19.9 Å². The van der Waals surface area contributed by atoms with E-state index in [2.05, 4.69) is 26.2 Å². The van der Waals surface area contributed by atoms with Gasteiger partial charge in [0.25, 0.3) is 5.56 Å². The Bertz CT molecular complexity index is 1010. The van der Waals surface area contributed by atoms with E-state index in [1.165, 1.54) is 22.8 Å². The summed E-state index contributed by atoms with van der Waals surface area (Å²) in [6.07, 6.45) is 0.579. The molecule has 0 spiro atoms. The second kappa shape index (κ2) is 8.26. The molecule has 0 saturated heterocycles. The van der Waals surface area contributed by atoms with Crippen LogP contribution in [0, 0.1) is 5.82 Å². The van der Waals surface area contributed by atoms with Crippen LogP contribution in [0.25, 0.3) is 11.4 Å². The highest BCUT2D eigenvalue weighted by atomic mass is 79.9. The van der Waals surface area contributed by atoms with Gasteiger partial charge < -0.3 is 5.32 Å². The molecule has 2 aromatic carbocycles. The quantitative estimate of drug-likeness (QED) is 0.666. The monoisotopic (exact) mass is 429 g/mol. The number of halogens is 2. The lowest BCUT2D eigenvalue weighted by Gasteiger charge is -2.13. The van der Waals surface area contributed by atoms with Crippen molar-refractivity contribution in [3.05, 3.63) is 80.9 Å². The van der Waals surface area contributed by atoms with E-state index in [4.69, 9.17) is 0 Å². The molecule has 0 bridgehead atoms. The number of rotatable bonds is 5. The number of benzene rings is 2. The molecule has 1 heterocycles. The van der Waals surface area contributed by atoms with Crippen molar-refractivity contribution < 1.29 is 9.18 Å². The van der Waals surface area contributed by atoms with E-state index in [1.807, 2.05) is 19.1 Å². The standard InChI is InChI=1S/C20H17BrFN3O2/c1-2-16-11-19(27)25(20(24-16)13-3-7-15(22)8-4-13)12-18(26)23-17-9-5-14(21)6-10-17/h3-11H,2,12H2,1H3,(H,23,26). The molecule has 27 heavy (non-hydrogen) atoms. The number of amides is 1. The summed E-state index contributed by atoms with van der Waals surface area (Å²) in [5.41, 5.74) is 1.48. The maximum atomic E-state index is 13.3. The highest BCUT2D eigenvalue weighted by Crippen LogP contribution is 2.18. The van der Waals surface area contributed by atoms with E-state index in [0.717, 1.165) is 4.47 Å². The van der Waals surface area contributed by atoms with Gasteiger partial charge in [-0.05, 0) is 55.0 Å².